The molecule has 0 amide bonds. The van der Waals surface area contributed by atoms with Gasteiger partial charge in [0.05, 0.1) is 5.56 Å². The summed E-state index contributed by atoms with van der Waals surface area (Å²) in [5, 5.41) is 3.16. The zero-order valence-electron chi connectivity index (χ0n) is 16.1. The third-order valence-corrected chi connectivity index (χ3v) is 5.21. The number of alkyl halides is 3. The third-order valence-electron chi connectivity index (χ3n) is 5.21. The fourth-order valence-electron chi connectivity index (χ4n) is 3.67. The second-order valence-electron chi connectivity index (χ2n) is 7.45. The van der Waals surface area contributed by atoms with E-state index in [-0.39, 0.29) is 6.10 Å². The van der Waals surface area contributed by atoms with Gasteiger partial charge in [-0.3, -0.25) is 0 Å². The standard InChI is InChI=1S/C23H28F3NO/c24-23(25,26)22-16-20(28-21-14-15-27-17-21)13-12-19(22)11-7-2-1-4-8-18-9-5-3-6-10-18/h3,5-6,9-10,12-13,16,21,27H,1-2,4,7-8,11,14-15,17H2. The zero-order chi connectivity index (χ0) is 19.8. The summed E-state index contributed by atoms with van der Waals surface area (Å²) in [6.07, 6.45) is 1.71. The lowest BCUT2D eigenvalue weighted by Crippen LogP contribution is -2.20. The van der Waals surface area contributed by atoms with Crippen LogP contribution in [0.25, 0.3) is 0 Å². The Morgan fingerprint density at radius 1 is 0.929 bits per heavy atom. The normalized spacial score (nSPS) is 17.0. The Bertz CT molecular complexity index is 724. The van der Waals surface area contributed by atoms with Gasteiger partial charge in [0.25, 0.3) is 0 Å². The monoisotopic (exact) mass is 391 g/mol. The molecule has 1 saturated heterocycles. The fraction of sp³-hybridized carbons (Fsp3) is 0.478. The molecule has 5 heteroatoms. The number of nitrogens with one attached hydrogen (secondary N) is 1. The van der Waals surface area contributed by atoms with Gasteiger partial charge in [-0.15, -0.1) is 0 Å². The van der Waals surface area contributed by atoms with E-state index in [9.17, 15) is 13.2 Å². The minimum absolute atomic E-state index is 0.0449. The Kier molecular flexibility index (Phi) is 7.37. The quantitative estimate of drug-likeness (QED) is 0.546. The summed E-state index contributed by atoms with van der Waals surface area (Å²) in [4.78, 5) is 0. The van der Waals surface area contributed by atoms with Gasteiger partial charge in [0.15, 0.2) is 0 Å². The number of benzene rings is 2. The Morgan fingerprint density at radius 3 is 2.36 bits per heavy atom. The van der Waals surface area contributed by atoms with Crippen molar-refractivity contribution in [3.63, 3.8) is 0 Å². The minimum atomic E-state index is -4.35. The predicted molar refractivity (Wildman–Crippen MR) is 106 cm³/mol. The van der Waals surface area contributed by atoms with Crippen LogP contribution in [0.1, 0.15) is 48.8 Å². The first-order chi connectivity index (χ1) is 13.5. The van der Waals surface area contributed by atoms with Gasteiger partial charge in [-0.1, -0.05) is 49.2 Å². The molecule has 1 heterocycles. The van der Waals surface area contributed by atoms with Crippen molar-refractivity contribution in [2.24, 2.45) is 0 Å². The van der Waals surface area contributed by atoms with E-state index in [1.165, 1.54) is 11.6 Å². The molecule has 3 rings (SSSR count). The van der Waals surface area contributed by atoms with E-state index >= 15 is 0 Å². The SMILES string of the molecule is FC(F)(F)c1cc(OC2CCNC2)ccc1CCCCCCc1ccccc1. The molecule has 1 unspecified atom stereocenters. The fourth-order valence-corrected chi connectivity index (χ4v) is 3.67. The molecule has 2 aromatic carbocycles. The van der Waals surface area contributed by atoms with Gasteiger partial charge in [0, 0.05) is 6.54 Å². The molecule has 0 aliphatic carbocycles. The van der Waals surface area contributed by atoms with Crippen LogP contribution in [0.3, 0.4) is 0 Å². The molecule has 1 aliphatic heterocycles. The third kappa shape index (κ3) is 6.26. The van der Waals surface area contributed by atoms with Gasteiger partial charge in [-0.05, 0) is 61.9 Å². The number of hydrogen-bond acceptors (Lipinski definition) is 2. The Labute approximate surface area is 165 Å². The molecule has 1 atom stereocenters. The van der Waals surface area contributed by atoms with Crippen LogP contribution in [-0.4, -0.2) is 19.2 Å². The molecule has 2 aromatic rings. The maximum atomic E-state index is 13.5. The lowest BCUT2D eigenvalue weighted by atomic mass is 9.99. The highest BCUT2D eigenvalue weighted by atomic mass is 19.4. The summed E-state index contributed by atoms with van der Waals surface area (Å²) >= 11 is 0. The minimum Gasteiger partial charge on any atom is -0.489 e. The van der Waals surface area contributed by atoms with Gasteiger partial charge in [0.1, 0.15) is 11.9 Å². The van der Waals surface area contributed by atoms with Crippen molar-refractivity contribution in [3.8, 4) is 5.75 Å². The van der Waals surface area contributed by atoms with Gasteiger partial charge in [-0.25, -0.2) is 0 Å². The lowest BCUT2D eigenvalue weighted by molar-refractivity contribution is -0.138. The van der Waals surface area contributed by atoms with Crippen molar-refractivity contribution in [1.29, 1.82) is 0 Å². The first-order valence-corrected chi connectivity index (χ1v) is 10.1. The lowest BCUT2D eigenvalue weighted by Gasteiger charge is -2.17. The van der Waals surface area contributed by atoms with Crippen LogP contribution in [-0.2, 0) is 19.0 Å². The van der Waals surface area contributed by atoms with Crippen LogP contribution in [0.15, 0.2) is 48.5 Å². The van der Waals surface area contributed by atoms with Crippen molar-refractivity contribution < 1.29 is 17.9 Å². The topological polar surface area (TPSA) is 21.3 Å². The maximum Gasteiger partial charge on any atom is 0.416 e. The molecule has 0 bridgehead atoms. The number of aryl methyl sites for hydroxylation is 2. The average molecular weight is 391 g/mol. The van der Waals surface area contributed by atoms with Crippen LogP contribution < -0.4 is 10.1 Å². The number of unbranched alkanes of at least 4 members (excludes halogenated alkanes) is 3. The van der Waals surface area contributed by atoms with E-state index in [2.05, 4.69) is 17.4 Å². The molecule has 2 nitrogen and oxygen atoms in total. The molecule has 0 spiro atoms. The van der Waals surface area contributed by atoms with Crippen LogP contribution in [0.5, 0.6) is 5.75 Å². The molecule has 0 aromatic heterocycles. The number of ether oxygens (including phenoxy) is 1. The smallest absolute Gasteiger partial charge is 0.416 e. The first-order valence-electron chi connectivity index (χ1n) is 10.1. The Hall–Kier alpha value is -2.01. The van der Waals surface area contributed by atoms with Gasteiger partial charge in [0.2, 0.25) is 0 Å². The molecular weight excluding hydrogens is 363 g/mol. The van der Waals surface area contributed by atoms with Crippen LogP contribution >= 0.6 is 0 Å². The summed E-state index contributed by atoms with van der Waals surface area (Å²) in [5.41, 5.74) is 1.13. The van der Waals surface area contributed by atoms with E-state index < -0.39 is 11.7 Å². The zero-order valence-corrected chi connectivity index (χ0v) is 16.1. The molecule has 0 radical (unpaired) electrons. The van der Waals surface area contributed by atoms with E-state index in [1.54, 1.807) is 12.1 Å². The molecule has 28 heavy (non-hydrogen) atoms. The van der Waals surface area contributed by atoms with E-state index in [4.69, 9.17) is 4.74 Å². The average Bonchev–Trinajstić information content (AvgIpc) is 3.18. The predicted octanol–water partition coefficient (Wildman–Crippen LogP) is 5.79. The van der Waals surface area contributed by atoms with Crippen molar-refractivity contribution in [3.05, 3.63) is 65.2 Å². The summed E-state index contributed by atoms with van der Waals surface area (Å²) in [6, 6.07) is 14.7. The number of halogens is 3. The highest BCUT2D eigenvalue weighted by Gasteiger charge is 2.33. The molecular formula is C23H28F3NO. The van der Waals surface area contributed by atoms with E-state index in [0.717, 1.165) is 45.1 Å². The van der Waals surface area contributed by atoms with Crippen molar-refractivity contribution in [2.75, 3.05) is 13.1 Å². The maximum absolute atomic E-state index is 13.5. The molecule has 1 aliphatic rings. The largest absolute Gasteiger partial charge is 0.489 e. The first kappa shape index (κ1) is 20.7. The number of hydrogen-bond donors (Lipinski definition) is 1. The molecule has 0 saturated carbocycles. The highest BCUT2D eigenvalue weighted by molar-refractivity contribution is 5.38. The summed E-state index contributed by atoms with van der Waals surface area (Å²) < 4.78 is 46.2. The van der Waals surface area contributed by atoms with E-state index in [1.807, 2.05) is 18.2 Å². The van der Waals surface area contributed by atoms with Crippen LogP contribution in [0.2, 0.25) is 0 Å². The second kappa shape index (κ2) is 9.97. The van der Waals surface area contributed by atoms with Gasteiger partial charge >= 0.3 is 6.18 Å². The van der Waals surface area contributed by atoms with Crippen molar-refractivity contribution in [2.45, 2.75) is 57.2 Å². The Balaban J connectivity index is 1.49. The van der Waals surface area contributed by atoms with Crippen LogP contribution in [0.4, 0.5) is 13.2 Å². The van der Waals surface area contributed by atoms with Crippen molar-refractivity contribution in [1.82, 2.24) is 5.32 Å². The van der Waals surface area contributed by atoms with E-state index in [0.29, 0.717) is 24.3 Å². The number of rotatable bonds is 9. The Morgan fingerprint density at radius 2 is 1.68 bits per heavy atom. The van der Waals surface area contributed by atoms with Crippen molar-refractivity contribution >= 4 is 0 Å². The molecule has 1 N–H and O–H groups in total. The van der Waals surface area contributed by atoms with Gasteiger partial charge in [-0.2, -0.15) is 13.2 Å². The molecule has 152 valence electrons. The second-order valence-corrected chi connectivity index (χ2v) is 7.45. The van der Waals surface area contributed by atoms with Gasteiger partial charge < -0.3 is 10.1 Å². The summed E-state index contributed by atoms with van der Waals surface area (Å²) in [7, 11) is 0. The summed E-state index contributed by atoms with van der Waals surface area (Å²) in [6.45, 7) is 1.53. The highest BCUT2D eigenvalue weighted by Crippen LogP contribution is 2.35. The molecule has 1 fully saturated rings. The summed E-state index contributed by atoms with van der Waals surface area (Å²) in [5.74, 6) is 0.313. The van der Waals surface area contributed by atoms with Crippen LogP contribution in [0, 0.1) is 0 Å².